The minimum Gasteiger partial charge on any atom is -0.463 e. The Balaban J connectivity index is 2.37. The summed E-state index contributed by atoms with van der Waals surface area (Å²) in [6.45, 7) is 5.37. The van der Waals surface area contributed by atoms with E-state index in [2.05, 4.69) is 15.2 Å². The standard InChI is InChI=1S/C21H25ClF3N5O4S2/c1-4-30(5-2)9-10-34-15(31)12-27-17(16(22)18(26)21(23,24)25)20-29-28-19(35-20)13-7-6-8-14(11-13)36(3,32)33/h6-8,11H,4-5,9-10,12,26H2,1-3H3. The van der Waals surface area contributed by atoms with Crippen molar-refractivity contribution in [3.05, 3.63) is 40.0 Å². The zero-order valence-corrected chi connectivity index (χ0v) is 22.1. The van der Waals surface area contributed by atoms with Crippen LogP contribution in [-0.4, -0.2) is 80.4 Å². The van der Waals surface area contributed by atoms with Crippen LogP contribution in [0.4, 0.5) is 13.2 Å². The smallest absolute Gasteiger partial charge is 0.432 e. The van der Waals surface area contributed by atoms with E-state index in [4.69, 9.17) is 22.1 Å². The van der Waals surface area contributed by atoms with E-state index in [1.54, 1.807) is 6.07 Å². The van der Waals surface area contributed by atoms with Crippen molar-refractivity contribution >= 4 is 44.5 Å². The van der Waals surface area contributed by atoms with Crippen molar-refractivity contribution in [1.29, 1.82) is 0 Å². The Bertz CT molecular complexity index is 1240. The van der Waals surface area contributed by atoms with Crippen molar-refractivity contribution in [3.63, 3.8) is 0 Å². The molecule has 0 saturated heterocycles. The lowest BCUT2D eigenvalue weighted by Gasteiger charge is -2.17. The number of allylic oxidation sites excluding steroid dienone is 2. The molecule has 0 spiro atoms. The van der Waals surface area contributed by atoms with E-state index in [0.29, 0.717) is 12.1 Å². The maximum absolute atomic E-state index is 13.2. The molecule has 1 heterocycles. The van der Waals surface area contributed by atoms with Gasteiger partial charge in [0.1, 0.15) is 29.6 Å². The van der Waals surface area contributed by atoms with Gasteiger partial charge in [-0.3, -0.25) is 9.79 Å². The van der Waals surface area contributed by atoms with Gasteiger partial charge in [-0.15, -0.1) is 10.2 Å². The van der Waals surface area contributed by atoms with Gasteiger partial charge in [0, 0.05) is 18.4 Å². The Morgan fingerprint density at radius 1 is 1.25 bits per heavy atom. The fraction of sp³-hybridized carbons (Fsp3) is 0.429. The van der Waals surface area contributed by atoms with Crippen LogP contribution in [0.25, 0.3) is 10.6 Å². The number of aliphatic imine (C=N–C) groups is 1. The van der Waals surface area contributed by atoms with Gasteiger partial charge in [0.05, 0.1) is 9.93 Å². The quantitative estimate of drug-likeness (QED) is 0.324. The van der Waals surface area contributed by atoms with Crippen LogP contribution in [-0.2, 0) is 19.4 Å². The van der Waals surface area contributed by atoms with Gasteiger partial charge in [0.15, 0.2) is 14.8 Å². The predicted octanol–water partition coefficient (Wildman–Crippen LogP) is 3.25. The highest BCUT2D eigenvalue weighted by molar-refractivity contribution is 7.90. The average molecular weight is 568 g/mol. The van der Waals surface area contributed by atoms with E-state index in [9.17, 15) is 26.4 Å². The van der Waals surface area contributed by atoms with Crippen molar-refractivity contribution in [2.75, 3.05) is 39.0 Å². The summed E-state index contributed by atoms with van der Waals surface area (Å²) in [4.78, 5) is 18.1. The van der Waals surface area contributed by atoms with Crippen LogP contribution in [0.1, 0.15) is 18.9 Å². The fourth-order valence-electron chi connectivity index (χ4n) is 2.80. The molecule has 1 aromatic carbocycles. The first kappa shape index (κ1) is 29.7. The molecule has 2 aromatic rings. The monoisotopic (exact) mass is 567 g/mol. The SMILES string of the molecule is CCN(CC)CCOC(=O)CN=C(C(Cl)=C(N)C(F)(F)F)c1nnc(-c2cccc(S(C)(=O)=O)c2)s1. The molecule has 0 aliphatic carbocycles. The summed E-state index contributed by atoms with van der Waals surface area (Å²) in [7, 11) is -3.51. The molecule has 0 aliphatic rings. The van der Waals surface area contributed by atoms with E-state index in [0.717, 1.165) is 30.7 Å². The second-order valence-electron chi connectivity index (χ2n) is 7.35. The highest BCUT2D eigenvalue weighted by atomic mass is 35.5. The van der Waals surface area contributed by atoms with Crippen LogP contribution in [0.2, 0.25) is 0 Å². The minimum atomic E-state index is -4.96. The minimum absolute atomic E-state index is 0.0253. The van der Waals surface area contributed by atoms with E-state index >= 15 is 0 Å². The van der Waals surface area contributed by atoms with Gasteiger partial charge in [-0.25, -0.2) is 8.42 Å². The van der Waals surface area contributed by atoms with Crippen LogP contribution < -0.4 is 5.73 Å². The second-order valence-corrected chi connectivity index (χ2v) is 10.7. The second kappa shape index (κ2) is 12.6. The Hall–Kier alpha value is -2.55. The van der Waals surface area contributed by atoms with Gasteiger partial charge in [-0.1, -0.05) is 48.9 Å². The summed E-state index contributed by atoms with van der Waals surface area (Å²) in [5.74, 6) is -0.778. The first-order valence-corrected chi connectivity index (χ1v) is 13.7. The molecule has 0 radical (unpaired) electrons. The molecule has 0 bridgehead atoms. The summed E-state index contributed by atoms with van der Waals surface area (Å²) >= 11 is 6.73. The molecule has 198 valence electrons. The molecule has 0 saturated carbocycles. The summed E-state index contributed by atoms with van der Waals surface area (Å²) in [6, 6.07) is 5.80. The van der Waals surface area contributed by atoms with Crippen LogP contribution in [0.5, 0.6) is 0 Å². The van der Waals surface area contributed by atoms with Gasteiger partial charge in [0.2, 0.25) is 0 Å². The summed E-state index contributed by atoms with van der Waals surface area (Å²) < 4.78 is 68.4. The molecule has 0 aliphatic heterocycles. The first-order chi connectivity index (χ1) is 16.8. The molecule has 0 amide bonds. The molecule has 2 rings (SSSR count). The number of halogens is 4. The van der Waals surface area contributed by atoms with Crippen molar-refractivity contribution in [1.82, 2.24) is 15.1 Å². The van der Waals surface area contributed by atoms with E-state index < -0.39 is 45.0 Å². The van der Waals surface area contributed by atoms with Gasteiger partial charge in [-0.05, 0) is 25.2 Å². The molecule has 1 aromatic heterocycles. The fourth-order valence-corrected chi connectivity index (χ4v) is 4.63. The number of sulfone groups is 1. The zero-order chi connectivity index (χ0) is 27.1. The maximum Gasteiger partial charge on any atom is 0.432 e. The number of esters is 1. The van der Waals surface area contributed by atoms with E-state index in [1.807, 2.05) is 18.7 Å². The molecule has 2 N–H and O–H groups in total. The van der Waals surface area contributed by atoms with Gasteiger partial charge >= 0.3 is 12.1 Å². The largest absolute Gasteiger partial charge is 0.463 e. The first-order valence-electron chi connectivity index (χ1n) is 10.6. The number of carbonyl (C=O) groups excluding carboxylic acids is 1. The van der Waals surface area contributed by atoms with Crippen molar-refractivity contribution in [2.24, 2.45) is 10.7 Å². The molecule has 15 heteroatoms. The molecule has 0 unspecified atom stereocenters. The van der Waals surface area contributed by atoms with Crippen molar-refractivity contribution in [2.45, 2.75) is 24.9 Å². The van der Waals surface area contributed by atoms with E-state index in [1.165, 1.54) is 18.2 Å². The molecule has 0 fully saturated rings. The lowest BCUT2D eigenvalue weighted by Crippen LogP contribution is -2.28. The molecular weight excluding hydrogens is 543 g/mol. The number of hydrogen-bond donors (Lipinski definition) is 1. The number of benzene rings is 1. The normalized spacial score (nSPS) is 13.6. The lowest BCUT2D eigenvalue weighted by molar-refractivity contribution is -0.142. The number of nitrogens with two attached hydrogens (primary N) is 1. The molecule has 0 atom stereocenters. The average Bonchev–Trinajstić information content (AvgIpc) is 3.30. The number of rotatable bonds is 11. The Labute approximate surface area is 215 Å². The maximum atomic E-state index is 13.2. The van der Waals surface area contributed by atoms with Crippen LogP contribution >= 0.6 is 22.9 Å². The number of carbonyl (C=O) groups is 1. The van der Waals surface area contributed by atoms with Crippen molar-refractivity contribution in [3.8, 4) is 10.6 Å². The molecule has 9 nitrogen and oxygen atoms in total. The Kier molecular flexibility index (Phi) is 10.4. The summed E-state index contributed by atoms with van der Waals surface area (Å²) in [5.41, 5.74) is 3.43. The number of nitrogens with zero attached hydrogens (tertiary/aromatic N) is 4. The van der Waals surface area contributed by atoms with Crippen molar-refractivity contribution < 1.29 is 31.1 Å². The summed E-state index contributed by atoms with van der Waals surface area (Å²) in [6.07, 6.45) is -3.92. The van der Waals surface area contributed by atoms with Gasteiger partial charge in [-0.2, -0.15) is 13.2 Å². The number of hydrogen-bond acceptors (Lipinski definition) is 10. The summed E-state index contributed by atoms with van der Waals surface area (Å²) in [5, 5.41) is 6.85. The number of alkyl halides is 3. The third kappa shape index (κ3) is 8.25. The third-order valence-corrected chi connectivity index (χ3v) is 7.29. The number of ether oxygens (including phenoxy) is 1. The number of aromatic nitrogens is 2. The Morgan fingerprint density at radius 3 is 2.50 bits per heavy atom. The van der Waals surface area contributed by atoms with E-state index in [-0.39, 0.29) is 21.5 Å². The van der Waals surface area contributed by atoms with Crippen LogP contribution in [0, 0.1) is 0 Å². The van der Waals surface area contributed by atoms with Gasteiger partial charge < -0.3 is 15.4 Å². The number of likely N-dealkylation sites (N-methyl/N-ethyl adjacent to an activating group) is 1. The third-order valence-electron chi connectivity index (χ3n) is 4.82. The van der Waals surface area contributed by atoms with Crippen LogP contribution in [0.15, 0.2) is 44.9 Å². The predicted molar refractivity (Wildman–Crippen MR) is 132 cm³/mol. The Morgan fingerprint density at radius 2 is 1.92 bits per heavy atom. The topological polar surface area (TPSA) is 128 Å². The molecular formula is C21H25ClF3N5O4S2. The lowest BCUT2D eigenvalue weighted by atomic mass is 10.2. The van der Waals surface area contributed by atoms with Crippen LogP contribution in [0.3, 0.4) is 0 Å². The highest BCUT2D eigenvalue weighted by Gasteiger charge is 2.36. The zero-order valence-electron chi connectivity index (χ0n) is 19.7. The highest BCUT2D eigenvalue weighted by Crippen LogP contribution is 2.31. The molecule has 36 heavy (non-hydrogen) atoms. The van der Waals surface area contributed by atoms with Gasteiger partial charge in [0.25, 0.3) is 0 Å².